The second-order valence-electron chi connectivity index (χ2n) is 13.8. The normalized spacial score (nSPS) is 32.2. The lowest BCUT2D eigenvalue weighted by molar-refractivity contribution is -0.161. The molecule has 4 bridgehead atoms. The highest BCUT2D eigenvalue weighted by molar-refractivity contribution is 7.80. The number of methoxy groups -OCH3 is 2. The van der Waals surface area contributed by atoms with Crippen LogP contribution in [0.1, 0.15) is 58.9 Å². The molecular weight excluding hydrogens is 702 g/mol. The van der Waals surface area contributed by atoms with Gasteiger partial charge >= 0.3 is 12.1 Å². The molecule has 0 aromatic heterocycles. The molecule has 51 heavy (non-hydrogen) atoms. The molecule has 0 spiro atoms. The molecule has 0 radical (unpaired) electrons. The number of hydrogen-bond donors (Lipinski definition) is 3. The number of epoxide rings is 1. The minimum absolute atomic E-state index is 0.0224. The molecule has 2 saturated heterocycles. The van der Waals surface area contributed by atoms with E-state index in [1.807, 2.05) is 32.1 Å². The number of allylic oxidation sites excluding steroid dienone is 3. The summed E-state index contributed by atoms with van der Waals surface area (Å²) in [6.07, 6.45) is 2.02. The van der Waals surface area contributed by atoms with Crippen LogP contribution in [-0.4, -0.2) is 110 Å². The highest BCUT2D eigenvalue weighted by Crippen LogP contribution is 2.49. The van der Waals surface area contributed by atoms with Crippen LogP contribution in [0.3, 0.4) is 0 Å². The van der Waals surface area contributed by atoms with Crippen LogP contribution in [0.15, 0.2) is 35.9 Å². The zero-order valence-electron chi connectivity index (χ0n) is 30.4. The van der Waals surface area contributed by atoms with Gasteiger partial charge in [0.2, 0.25) is 11.8 Å². The molecule has 4 rings (SSSR count). The van der Waals surface area contributed by atoms with Crippen LogP contribution in [0.4, 0.5) is 10.5 Å². The number of rotatable bonds is 7. The van der Waals surface area contributed by atoms with Gasteiger partial charge in [-0.25, -0.2) is 9.59 Å². The first-order valence-electron chi connectivity index (χ1n) is 16.9. The number of anilines is 1. The monoisotopic (exact) mass is 751 g/mol. The first-order chi connectivity index (χ1) is 24.0. The second kappa shape index (κ2) is 16.6. The number of esters is 1. The van der Waals surface area contributed by atoms with E-state index in [2.05, 4.69) is 17.9 Å². The molecule has 0 aliphatic carbocycles. The Labute approximate surface area is 310 Å². The standard InChI is InChI=1S/C36H50ClN3O10S/c1-20-10-9-11-24(46-7)18-36(45)19-27(48-34(44)38-36)21(2)32-35(4,50-32)28(49-33(43)22(3)39(5)29(41)12-13-51)17-30(42)40(6)25-15-23(14-20)16-26(47-8)31(25)37/h9-11,15-16,21-22,24,27-28,32,45,51H,12-14,17-19H2,1-8H3,(H,38,44)/b11-9+,20-10+/t21-,22+,24-,27+,28+,32+,35+,36-/m1/s1. The van der Waals surface area contributed by atoms with Crippen LogP contribution in [0, 0.1) is 5.92 Å². The van der Waals surface area contributed by atoms with Crippen molar-refractivity contribution < 1.29 is 48.0 Å². The third-order valence-corrected chi connectivity index (χ3v) is 10.7. The van der Waals surface area contributed by atoms with E-state index in [9.17, 15) is 24.3 Å². The van der Waals surface area contributed by atoms with Crippen LogP contribution in [0.25, 0.3) is 0 Å². The Morgan fingerprint density at radius 2 is 1.96 bits per heavy atom. The number of aliphatic hydroxyl groups is 1. The average Bonchev–Trinajstić information content (AvgIpc) is 3.77. The fraction of sp³-hybridized carbons (Fsp3) is 0.611. The molecule has 15 heteroatoms. The van der Waals surface area contributed by atoms with Gasteiger partial charge in [0.05, 0.1) is 31.4 Å². The summed E-state index contributed by atoms with van der Waals surface area (Å²) >= 11 is 10.9. The predicted octanol–water partition coefficient (Wildman–Crippen LogP) is 4.22. The summed E-state index contributed by atoms with van der Waals surface area (Å²) < 4.78 is 29.1. The maximum atomic E-state index is 14.1. The van der Waals surface area contributed by atoms with Gasteiger partial charge in [0.15, 0.2) is 0 Å². The third-order valence-electron chi connectivity index (χ3n) is 10.0. The summed E-state index contributed by atoms with van der Waals surface area (Å²) in [7, 11) is 6.09. The largest absolute Gasteiger partial charge is 0.495 e. The fourth-order valence-electron chi connectivity index (χ4n) is 6.63. The molecule has 2 N–H and O–H groups in total. The van der Waals surface area contributed by atoms with E-state index in [0.717, 1.165) is 11.1 Å². The molecule has 0 saturated carbocycles. The van der Waals surface area contributed by atoms with E-state index in [1.54, 1.807) is 33.0 Å². The van der Waals surface area contributed by atoms with Gasteiger partial charge in [-0.05, 0) is 50.6 Å². The van der Waals surface area contributed by atoms with Gasteiger partial charge < -0.3 is 38.6 Å². The molecule has 1 aromatic carbocycles. The van der Waals surface area contributed by atoms with E-state index in [-0.39, 0.29) is 36.6 Å². The molecule has 3 amide bonds. The summed E-state index contributed by atoms with van der Waals surface area (Å²) in [6, 6.07) is 2.64. The number of halogens is 1. The van der Waals surface area contributed by atoms with Crippen molar-refractivity contribution in [1.29, 1.82) is 0 Å². The lowest BCUT2D eigenvalue weighted by Crippen LogP contribution is -2.59. The van der Waals surface area contributed by atoms with Gasteiger partial charge in [-0.2, -0.15) is 12.6 Å². The van der Waals surface area contributed by atoms with E-state index < -0.39 is 65.7 Å². The van der Waals surface area contributed by atoms with Crippen LogP contribution < -0.4 is 15.0 Å². The maximum absolute atomic E-state index is 14.1. The number of amides is 3. The highest BCUT2D eigenvalue weighted by atomic mass is 35.5. The number of carbonyl (C=O) groups is 4. The fourth-order valence-corrected chi connectivity index (χ4v) is 7.13. The summed E-state index contributed by atoms with van der Waals surface area (Å²) in [5.74, 6) is -1.25. The van der Waals surface area contributed by atoms with Gasteiger partial charge in [0.25, 0.3) is 0 Å². The Hall–Kier alpha value is -3.30. The SMILES string of the molecule is COc1cc2cc(c1Cl)N(C)C(=O)C[C@H](OC(=O)[C@H](C)N(C)C(=O)CCS)[C@]1(C)O[C@H]1[C@H](C)[C@@H]1C[C@](O)(C[C@H](OC)/C=C/C=C(\C)C2)NC(=O)O1. The number of carbonyl (C=O) groups excluding carboxylic acids is 4. The molecule has 13 nitrogen and oxygen atoms in total. The Balaban J connectivity index is 1.76. The maximum Gasteiger partial charge on any atom is 0.409 e. The number of nitrogens with one attached hydrogen (secondary N) is 1. The zero-order chi connectivity index (χ0) is 37.8. The summed E-state index contributed by atoms with van der Waals surface area (Å²) in [5, 5.41) is 14.4. The quantitative estimate of drug-likeness (QED) is 0.210. The summed E-state index contributed by atoms with van der Waals surface area (Å²) in [4.78, 5) is 55.6. The molecule has 3 heterocycles. The highest BCUT2D eigenvalue weighted by Gasteiger charge is 2.64. The van der Waals surface area contributed by atoms with Crippen molar-refractivity contribution in [1.82, 2.24) is 10.2 Å². The average molecular weight is 752 g/mol. The minimum Gasteiger partial charge on any atom is -0.495 e. The van der Waals surface area contributed by atoms with Crippen LogP contribution >= 0.6 is 24.2 Å². The molecule has 1 aromatic rings. The van der Waals surface area contributed by atoms with Crippen molar-refractivity contribution in [2.75, 3.05) is 39.0 Å². The van der Waals surface area contributed by atoms with Crippen LogP contribution in [-0.2, 0) is 39.8 Å². The third kappa shape index (κ3) is 9.39. The summed E-state index contributed by atoms with van der Waals surface area (Å²) in [6.45, 7) is 7.02. The van der Waals surface area contributed by atoms with Crippen molar-refractivity contribution in [3.8, 4) is 5.75 Å². The molecule has 2 fully saturated rings. The predicted molar refractivity (Wildman–Crippen MR) is 194 cm³/mol. The van der Waals surface area contributed by atoms with Gasteiger partial charge in [0, 0.05) is 46.4 Å². The number of hydrogen-bond acceptors (Lipinski definition) is 11. The van der Waals surface area contributed by atoms with E-state index >= 15 is 0 Å². The van der Waals surface area contributed by atoms with E-state index in [0.29, 0.717) is 23.6 Å². The molecule has 8 atom stereocenters. The Morgan fingerprint density at radius 1 is 1.25 bits per heavy atom. The van der Waals surface area contributed by atoms with Crippen LogP contribution in [0.2, 0.25) is 5.02 Å². The molecule has 0 unspecified atom stereocenters. The number of benzene rings is 1. The topological polar surface area (TPSA) is 156 Å². The van der Waals surface area contributed by atoms with Crippen molar-refractivity contribution in [3.63, 3.8) is 0 Å². The summed E-state index contributed by atoms with van der Waals surface area (Å²) in [5.41, 5.74) is -0.664. The number of alkyl carbamates (subject to hydrolysis) is 1. The number of likely N-dealkylation sites (N-methyl/N-ethyl adjacent to an activating group) is 1. The van der Waals surface area contributed by atoms with Crippen LogP contribution in [0.5, 0.6) is 5.75 Å². The van der Waals surface area contributed by atoms with E-state index in [4.69, 9.17) is 35.3 Å². The van der Waals surface area contributed by atoms with Gasteiger partial charge in [-0.15, -0.1) is 0 Å². The Morgan fingerprint density at radius 3 is 2.61 bits per heavy atom. The smallest absolute Gasteiger partial charge is 0.409 e. The number of fused-ring (bicyclic) bond motifs is 5. The van der Waals surface area contributed by atoms with Gasteiger partial charge in [-0.3, -0.25) is 14.9 Å². The first kappa shape index (κ1) is 40.5. The molecular formula is C36H50ClN3O10S. The molecule has 3 aliphatic rings. The zero-order valence-corrected chi connectivity index (χ0v) is 32.1. The first-order valence-corrected chi connectivity index (χ1v) is 17.9. The molecule has 3 aliphatic heterocycles. The van der Waals surface area contributed by atoms with Crippen molar-refractivity contribution in [3.05, 3.63) is 46.5 Å². The molecule has 282 valence electrons. The van der Waals surface area contributed by atoms with Gasteiger partial charge in [-0.1, -0.05) is 42.3 Å². The van der Waals surface area contributed by atoms with Crippen molar-refractivity contribution in [2.45, 2.75) is 102 Å². The van der Waals surface area contributed by atoms with Gasteiger partial charge in [0.1, 0.15) is 40.3 Å². The Kier molecular flexibility index (Phi) is 13.2. The van der Waals surface area contributed by atoms with E-state index in [1.165, 1.54) is 31.1 Å². The number of thiol groups is 1. The van der Waals surface area contributed by atoms with Crippen molar-refractivity contribution >= 4 is 53.8 Å². The lowest BCUT2D eigenvalue weighted by atomic mass is 9.83. The lowest BCUT2D eigenvalue weighted by Gasteiger charge is -2.40. The minimum atomic E-state index is -1.66. The number of ether oxygens (including phenoxy) is 5. The Bertz CT molecular complexity index is 1560. The second-order valence-corrected chi connectivity index (χ2v) is 14.6. The van der Waals surface area contributed by atoms with Crippen molar-refractivity contribution in [2.24, 2.45) is 5.92 Å². The number of nitrogens with zero attached hydrogens (tertiary/aromatic N) is 2.